The van der Waals surface area contributed by atoms with Crippen LogP contribution >= 0.6 is 15.9 Å². The summed E-state index contributed by atoms with van der Waals surface area (Å²) in [5.41, 5.74) is 4.36. The minimum atomic E-state index is -0.0441. The molecule has 0 saturated carbocycles. The third kappa shape index (κ3) is 4.68. The van der Waals surface area contributed by atoms with Crippen LogP contribution in [0.25, 0.3) is 0 Å². The molecule has 0 spiro atoms. The summed E-state index contributed by atoms with van der Waals surface area (Å²) in [6.45, 7) is 5.19. The quantitative estimate of drug-likeness (QED) is 0.859. The molecule has 0 aromatic heterocycles. The van der Waals surface area contributed by atoms with Gasteiger partial charge in [-0.3, -0.25) is 9.69 Å². The van der Waals surface area contributed by atoms with E-state index in [-0.39, 0.29) is 5.91 Å². The van der Waals surface area contributed by atoms with Crippen LogP contribution in [-0.2, 0) is 17.9 Å². The zero-order chi connectivity index (χ0) is 16.1. The molecule has 0 aliphatic rings. The number of halogens is 1. The minimum Gasteiger partial charge on any atom is -0.326 e. The number of anilines is 1. The monoisotopic (exact) mass is 360 g/mol. The zero-order valence-electron chi connectivity index (χ0n) is 13.2. The number of rotatable bonds is 5. The van der Waals surface area contributed by atoms with Gasteiger partial charge < -0.3 is 5.32 Å². The fourth-order valence-corrected chi connectivity index (χ4v) is 3.15. The van der Waals surface area contributed by atoms with E-state index in [1.54, 1.807) is 6.92 Å². The average Bonchev–Trinajstić information content (AvgIpc) is 2.43. The number of benzene rings is 2. The van der Waals surface area contributed by atoms with Gasteiger partial charge in [0.25, 0.3) is 0 Å². The van der Waals surface area contributed by atoms with Gasteiger partial charge in [0.1, 0.15) is 0 Å². The predicted molar refractivity (Wildman–Crippen MR) is 94.8 cm³/mol. The number of amides is 1. The number of carbonyl (C=O) groups excluding carboxylic acids is 1. The molecule has 2 aromatic carbocycles. The molecule has 0 unspecified atom stereocenters. The summed E-state index contributed by atoms with van der Waals surface area (Å²) >= 11 is 3.54. The maximum Gasteiger partial charge on any atom is 0.221 e. The standard InChI is InChI=1S/C18H21BrN2O/c1-13-9-17(19)10-16(18(13)20-14(2)22)12-21(3)11-15-7-5-4-6-8-15/h4-10H,11-12H2,1-3H3,(H,20,22). The lowest BCUT2D eigenvalue weighted by molar-refractivity contribution is -0.114. The lowest BCUT2D eigenvalue weighted by Gasteiger charge is -2.20. The van der Waals surface area contributed by atoms with Crippen molar-refractivity contribution in [3.05, 3.63) is 63.6 Å². The Balaban J connectivity index is 2.18. The van der Waals surface area contributed by atoms with Gasteiger partial charge in [-0.2, -0.15) is 0 Å². The highest BCUT2D eigenvalue weighted by atomic mass is 79.9. The number of carbonyl (C=O) groups is 1. The number of nitrogens with zero attached hydrogens (tertiary/aromatic N) is 1. The van der Waals surface area contributed by atoms with Crippen LogP contribution in [0.5, 0.6) is 0 Å². The van der Waals surface area contributed by atoms with Gasteiger partial charge in [-0.15, -0.1) is 0 Å². The van der Waals surface area contributed by atoms with Crippen molar-refractivity contribution in [3.8, 4) is 0 Å². The number of hydrogen-bond donors (Lipinski definition) is 1. The van der Waals surface area contributed by atoms with Crippen LogP contribution in [0.2, 0.25) is 0 Å². The van der Waals surface area contributed by atoms with Gasteiger partial charge in [0.05, 0.1) is 0 Å². The van der Waals surface area contributed by atoms with Gasteiger partial charge in [-0.05, 0) is 42.8 Å². The summed E-state index contributed by atoms with van der Waals surface area (Å²) in [6, 6.07) is 14.5. The van der Waals surface area contributed by atoms with Crippen molar-refractivity contribution in [3.63, 3.8) is 0 Å². The summed E-state index contributed by atoms with van der Waals surface area (Å²) in [6.07, 6.45) is 0. The number of hydrogen-bond acceptors (Lipinski definition) is 2. The summed E-state index contributed by atoms with van der Waals surface area (Å²) in [5, 5.41) is 2.95. The molecule has 116 valence electrons. The van der Waals surface area contributed by atoms with Crippen LogP contribution in [-0.4, -0.2) is 17.9 Å². The summed E-state index contributed by atoms with van der Waals surface area (Å²) in [7, 11) is 2.08. The Hall–Kier alpha value is -1.65. The second-order valence-electron chi connectivity index (χ2n) is 5.60. The van der Waals surface area contributed by atoms with E-state index in [2.05, 4.69) is 63.5 Å². The molecule has 1 N–H and O–H groups in total. The molecule has 1 amide bonds. The van der Waals surface area contributed by atoms with Crippen molar-refractivity contribution in [1.82, 2.24) is 4.90 Å². The zero-order valence-corrected chi connectivity index (χ0v) is 14.8. The maximum atomic E-state index is 11.4. The van der Waals surface area contributed by atoms with Gasteiger partial charge >= 0.3 is 0 Å². The number of nitrogens with one attached hydrogen (secondary N) is 1. The van der Waals surface area contributed by atoms with Gasteiger partial charge in [0, 0.05) is 30.2 Å². The molecule has 0 saturated heterocycles. The van der Waals surface area contributed by atoms with E-state index >= 15 is 0 Å². The van der Waals surface area contributed by atoms with Crippen molar-refractivity contribution in [2.75, 3.05) is 12.4 Å². The molecule has 4 heteroatoms. The molecule has 0 aliphatic heterocycles. The highest BCUT2D eigenvalue weighted by molar-refractivity contribution is 9.10. The van der Waals surface area contributed by atoms with Crippen molar-refractivity contribution in [2.45, 2.75) is 26.9 Å². The summed E-state index contributed by atoms with van der Waals surface area (Å²) < 4.78 is 1.03. The van der Waals surface area contributed by atoms with E-state index in [9.17, 15) is 4.79 Å². The molecule has 0 aliphatic carbocycles. The molecule has 0 bridgehead atoms. The Bertz CT molecular complexity index is 656. The van der Waals surface area contributed by atoms with Gasteiger partial charge in [0.2, 0.25) is 5.91 Å². The second-order valence-corrected chi connectivity index (χ2v) is 6.51. The van der Waals surface area contributed by atoms with Crippen LogP contribution in [0.15, 0.2) is 46.9 Å². The van der Waals surface area contributed by atoms with Gasteiger partial charge in [0.15, 0.2) is 0 Å². The van der Waals surface area contributed by atoms with E-state index in [1.807, 2.05) is 19.1 Å². The Morgan fingerprint density at radius 2 is 1.86 bits per heavy atom. The average molecular weight is 361 g/mol. The van der Waals surface area contributed by atoms with Gasteiger partial charge in [-0.25, -0.2) is 0 Å². The van der Waals surface area contributed by atoms with E-state index in [1.165, 1.54) is 5.56 Å². The molecule has 2 rings (SSSR count). The Morgan fingerprint density at radius 1 is 1.18 bits per heavy atom. The first kappa shape index (κ1) is 16.7. The molecular weight excluding hydrogens is 340 g/mol. The molecule has 3 nitrogen and oxygen atoms in total. The van der Waals surface area contributed by atoms with Crippen molar-refractivity contribution in [1.29, 1.82) is 0 Å². The topological polar surface area (TPSA) is 32.3 Å². The molecule has 0 fully saturated rings. The SMILES string of the molecule is CC(=O)Nc1c(C)cc(Br)cc1CN(C)Cc1ccccc1. The fraction of sp³-hybridized carbons (Fsp3) is 0.278. The van der Waals surface area contributed by atoms with Crippen molar-refractivity contribution < 1.29 is 4.79 Å². The highest BCUT2D eigenvalue weighted by Crippen LogP contribution is 2.27. The Kier molecular flexibility index (Phi) is 5.75. The predicted octanol–water partition coefficient (Wildman–Crippen LogP) is 4.35. The molecule has 0 atom stereocenters. The Labute approximate surface area is 140 Å². The lowest BCUT2D eigenvalue weighted by Crippen LogP contribution is -2.19. The maximum absolute atomic E-state index is 11.4. The number of aryl methyl sites for hydroxylation is 1. The Morgan fingerprint density at radius 3 is 2.50 bits per heavy atom. The van der Waals surface area contributed by atoms with Crippen LogP contribution < -0.4 is 5.32 Å². The summed E-state index contributed by atoms with van der Waals surface area (Å²) in [4.78, 5) is 13.7. The van der Waals surface area contributed by atoms with Crippen LogP contribution in [0.3, 0.4) is 0 Å². The first-order valence-electron chi connectivity index (χ1n) is 7.25. The highest BCUT2D eigenvalue weighted by Gasteiger charge is 2.11. The van der Waals surface area contributed by atoms with Crippen LogP contribution in [0.1, 0.15) is 23.6 Å². The second kappa shape index (κ2) is 7.56. The van der Waals surface area contributed by atoms with Crippen LogP contribution in [0.4, 0.5) is 5.69 Å². The third-order valence-corrected chi connectivity index (χ3v) is 3.88. The first-order valence-corrected chi connectivity index (χ1v) is 8.04. The van der Waals surface area contributed by atoms with E-state index in [4.69, 9.17) is 0 Å². The smallest absolute Gasteiger partial charge is 0.221 e. The molecule has 0 heterocycles. The normalized spacial score (nSPS) is 10.8. The molecular formula is C18H21BrN2O. The largest absolute Gasteiger partial charge is 0.326 e. The molecule has 0 radical (unpaired) electrons. The minimum absolute atomic E-state index is 0.0441. The van der Waals surface area contributed by atoms with Crippen molar-refractivity contribution >= 4 is 27.5 Å². The third-order valence-electron chi connectivity index (χ3n) is 3.42. The first-order chi connectivity index (χ1) is 10.5. The lowest BCUT2D eigenvalue weighted by atomic mass is 10.1. The fourth-order valence-electron chi connectivity index (χ4n) is 2.53. The molecule has 2 aromatic rings. The van der Waals surface area contributed by atoms with Crippen LogP contribution in [0, 0.1) is 6.92 Å². The van der Waals surface area contributed by atoms with Gasteiger partial charge in [-0.1, -0.05) is 46.3 Å². The van der Waals surface area contributed by atoms with E-state index < -0.39 is 0 Å². The van der Waals surface area contributed by atoms with E-state index in [0.717, 1.165) is 34.4 Å². The van der Waals surface area contributed by atoms with Crippen molar-refractivity contribution in [2.24, 2.45) is 0 Å². The summed E-state index contributed by atoms with van der Waals surface area (Å²) in [5.74, 6) is -0.0441. The van der Waals surface area contributed by atoms with E-state index in [0.29, 0.717) is 0 Å². The molecule has 22 heavy (non-hydrogen) atoms.